The molecular weight excluding hydrogens is 218 g/mol. The number of aliphatic hydroxyl groups is 1. The molecule has 5 heteroatoms. The highest BCUT2D eigenvalue weighted by Crippen LogP contribution is 2.26. The lowest BCUT2D eigenvalue weighted by molar-refractivity contribution is 0.204. The maximum atomic E-state index is 9.21. The van der Waals surface area contributed by atoms with Crippen LogP contribution in [0.2, 0.25) is 0 Å². The van der Waals surface area contributed by atoms with Crippen LogP contribution in [0.1, 0.15) is 39.5 Å². The Bertz CT molecular complexity index is 266. The lowest BCUT2D eigenvalue weighted by Gasteiger charge is -2.25. The van der Waals surface area contributed by atoms with Crippen molar-refractivity contribution in [1.82, 2.24) is 5.32 Å². The van der Waals surface area contributed by atoms with Crippen molar-refractivity contribution in [2.45, 2.75) is 45.6 Å². The predicted octanol–water partition coefficient (Wildman–Crippen LogP) is 0.900. The molecule has 2 unspecified atom stereocenters. The van der Waals surface area contributed by atoms with Crippen LogP contribution in [0.25, 0.3) is 0 Å². The topological polar surface area (TPSA) is 90.9 Å². The highest BCUT2D eigenvalue weighted by atomic mass is 16.4. The average Bonchev–Trinajstić information content (AvgIpc) is 2.75. The van der Waals surface area contributed by atoms with E-state index in [1.807, 2.05) is 13.8 Å². The molecule has 5 nitrogen and oxygen atoms in total. The molecule has 1 rings (SSSR count). The molecule has 0 radical (unpaired) electrons. The second kappa shape index (κ2) is 6.21. The van der Waals surface area contributed by atoms with Gasteiger partial charge in [0.2, 0.25) is 0 Å². The van der Waals surface area contributed by atoms with E-state index in [0.29, 0.717) is 12.0 Å². The minimum atomic E-state index is -0.297. The van der Waals surface area contributed by atoms with Gasteiger partial charge in [0.15, 0.2) is 0 Å². The van der Waals surface area contributed by atoms with Gasteiger partial charge in [0, 0.05) is 18.1 Å². The Balaban J connectivity index is 2.32. The summed E-state index contributed by atoms with van der Waals surface area (Å²) in [7, 11) is 0. The lowest BCUT2D eigenvalue weighted by Crippen LogP contribution is -2.39. The third kappa shape index (κ3) is 3.85. The van der Waals surface area contributed by atoms with Crippen molar-refractivity contribution in [3.05, 3.63) is 0 Å². The molecule has 0 aliphatic heterocycles. The number of nitrogens with two attached hydrogens (primary N) is 1. The molecule has 100 valence electrons. The summed E-state index contributed by atoms with van der Waals surface area (Å²) in [5.74, 6) is 0.659. The van der Waals surface area contributed by atoms with E-state index in [1.165, 1.54) is 6.42 Å². The third-order valence-electron chi connectivity index (χ3n) is 3.85. The smallest absolute Gasteiger partial charge is 0.144 e. The summed E-state index contributed by atoms with van der Waals surface area (Å²) in [6, 6.07) is 0.420. The first kappa shape index (κ1) is 14.3. The van der Waals surface area contributed by atoms with Gasteiger partial charge in [0.25, 0.3) is 0 Å². The first-order valence-electron chi connectivity index (χ1n) is 6.33. The fraction of sp³-hybridized carbons (Fsp3) is 0.917. The van der Waals surface area contributed by atoms with Crippen molar-refractivity contribution < 1.29 is 10.3 Å². The van der Waals surface area contributed by atoms with E-state index in [9.17, 15) is 5.11 Å². The van der Waals surface area contributed by atoms with Crippen LogP contribution in [0.5, 0.6) is 0 Å². The number of aliphatic hydroxyl groups excluding tert-OH is 1. The summed E-state index contributed by atoms with van der Waals surface area (Å²) in [6.45, 7) is 5.01. The first-order chi connectivity index (χ1) is 8.01. The molecule has 0 bridgehead atoms. The highest BCUT2D eigenvalue weighted by molar-refractivity contribution is 5.85. The maximum absolute atomic E-state index is 9.21. The summed E-state index contributed by atoms with van der Waals surface area (Å²) < 4.78 is 0. The van der Waals surface area contributed by atoms with E-state index in [0.717, 1.165) is 25.8 Å². The molecule has 17 heavy (non-hydrogen) atoms. The molecule has 1 saturated carbocycles. The number of nitrogens with zero attached hydrogens (tertiary/aromatic N) is 1. The second-order valence-corrected chi connectivity index (χ2v) is 5.55. The Morgan fingerprint density at radius 3 is 2.76 bits per heavy atom. The maximum Gasteiger partial charge on any atom is 0.144 e. The lowest BCUT2D eigenvalue weighted by atomic mass is 9.88. The molecule has 2 atom stereocenters. The average molecular weight is 243 g/mol. The van der Waals surface area contributed by atoms with Gasteiger partial charge < -0.3 is 21.4 Å². The molecule has 1 fully saturated rings. The molecule has 5 N–H and O–H groups in total. The minimum Gasteiger partial charge on any atom is -0.409 e. The van der Waals surface area contributed by atoms with Crippen molar-refractivity contribution in [2.75, 3.05) is 13.2 Å². The molecule has 0 aromatic carbocycles. The summed E-state index contributed by atoms with van der Waals surface area (Å²) >= 11 is 0. The van der Waals surface area contributed by atoms with E-state index in [1.54, 1.807) is 0 Å². The number of nitrogens with one attached hydrogen (secondary N) is 1. The van der Waals surface area contributed by atoms with Gasteiger partial charge in [-0.25, -0.2) is 0 Å². The Hall–Kier alpha value is -0.810. The second-order valence-electron chi connectivity index (χ2n) is 5.55. The van der Waals surface area contributed by atoms with Crippen LogP contribution in [0.15, 0.2) is 5.16 Å². The number of oxime groups is 1. The number of rotatable bonds is 6. The SMILES string of the molecule is CC(C)(CCNC1CCCC1CO)C(N)=NO. The fourth-order valence-corrected chi connectivity index (χ4v) is 2.36. The van der Waals surface area contributed by atoms with Gasteiger partial charge >= 0.3 is 0 Å². The molecule has 0 heterocycles. The summed E-state index contributed by atoms with van der Waals surface area (Å²) in [4.78, 5) is 0. The molecular formula is C12H25N3O2. The predicted molar refractivity (Wildman–Crippen MR) is 68.0 cm³/mol. The molecule has 1 aliphatic rings. The highest BCUT2D eigenvalue weighted by Gasteiger charge is 2.28. The Morgan fingerprint density at radius 2 is 2.18 bits per heavy atom. The van der Waals surface area contributed by atoms with Gasteiger partial charge in [0.1, 0.15) is 5.84 Å². The largest absolute Gasteiger partial charge is 0.409 e. The molecule has 0 saturated heterocycles. The van der Waals surface area contributed by atoms with Crippen LogP contribution in [-0.2, 0) is 0 Å². The number of hydrogen-bond donors (Lipinski definition) is 4. The molecule has 0 amide bonds. The van der Waals surface area contributed by atoms with Crippen molar-refractivity contribution in [1.29, 1.82) is 0 Å². The van der Waals surface area contributed by atoms with Crippen LogP contribution in [0.4, 0.5) is 0 Å². The zero-order chi connectivity index (χ0) is 12.9. The van der Waals surface area contributed by atoms with E-state index >= 15 is 0 Å². The standard InChI is InChI=1S/C12H25N3O2/c1-12(2,11(13)15-17)6-7-14-10-5-3-4-9(10)8-16/h9-10,14,16-17H,3-8H2,1-2H3,(H2,13,15). The summed E-state index contributed by atoms with van der Waals surface area (Å²) in [5.41, 5.74) is 5.33. The van der Waals surface area contributed by atoms with Crippen LogP contribution in [-0.4, -0.2) is 35.3 Å². The van der Waals surface area contributed by atoms with Gasteiger partial charge in [-0.3, -0.25) is 0 Å². The molecule has 0 spiro atoms. The Morgan fingerprint density at radius 1 is 1.47 bits per heavy atom. The van der Waals surface area contributed by atoms with Gasteiger partial charge in [-0.1, -0.05) is 25.4 Å². The quantitative estimate of drug-likeness (QED) is 0.241. The van der Waals surface area contributed by atoms with Crippen molar-refractivity contribution in [2.24, 2.45) is 22.2 Å². The van der Waals surface area contributed by atoms with Crippen molar-refractivity contribution >= 4 is 5.84 Å². The van der Waals surface area contributed by atoms with Crippen LogP contribution < -0.4 is 11.1 Å². The van der Waals surface area contributed by atoms with Crippen molar-refractivity contribution in [3.63, 3.8) is 0 Å². The van der Waals surface area contributed by atoms with Gasteiger partial charge in [0.05, 0.1) is 0 Å². The van der Waals surface area contributed by atoms with Gasteiger partial charge in [-0.15, -0.1) is 0 Å². The van der Waals surface area contributed by atoms with E-state index in [4.69, 9.17) is 10.9 Å². The third-order valence-corrected chi connectivity index (χ3v) is 3.85. The van der Waals surface area contributed by atoms with E-state index in [2.05, 4.69) is 10.5 Å². The zero-order valence-corrected chi connectivity index (χ0v) is 10.8. The monoisotopic (exact) mass is 243 g/mol. The van der Waals surface area contributed by atoms with E-state index in [-0.39, 0.29) is 17.9 Å². The zero-order valence-electron chi connectivity index (χ0n) is 10.8. The molecule has 0 aromatic heterocycles. The first-order valence-corrected chi connectivity index (χ1v) is 6.33. The summed E-state index contributed by atoms with van der Waals surface area (Å²) in [5, 5.41) is 24.4. The minimum absolute atomic E-state index is 0.265. The normalized spacial score (nSPS) is 26.4. The Labute approximate surface area is 103 Å². The molecule has 1 aliphatic carbocycles. The van der Waals surface area contributed by atoms with Crippen molar-refractivity contribution in [3.8, 4) is 0 Å². The van der Waals surface area contributed by atoms with Crippen LogP contribution >= 0.6 is 0 Å². The van der Waals surface area contributed by atoms with Crippen LogP contribution in [0, 0.1) is 11.3 Å². The summed E-state index contributed by atoms with van der Waals surface area (Å²) in [6.07, 6.45) is 4.25. The van der Waals surface area contributed by atoms with Gasteiger partial charge in [-0.05, 0) is 31.7 Å². The number of hydrogen-bond acceptors (Lipinski definition) is 4. The van der Waals surface area contributed by atoms with E-state index < -0.39 is 0 Å². The Kier molecular flexibility index (Phi) is 5.21. The molecule has 0 aromatic rings. The van der Waals surface area contributed by atoms with Crippen LogP contribution in [0.3, 0.4) is 0 Å². The number of amidine groups is 1. The van der Waals surface area contributed by atoms with Gasteiger partial charge in [-0.2, -0.15) is 0 Å². The fourth-order valence-electron chi connectivity index (χ4n) is 2.36.